The molecule has 5 aromatic rings. The van der Waals surface area contributed by atoms with Gasteiger partial charge in [0.2, 0.25) is 11.8 Å². The Hall–Kier alpha value is -5.99. The number of aromatic amines is 2. The van der Waals surface area contributed by atoms with E-state index in [1.165, 1.54) is 14.2 Å². The Morgan fingerprint density at radius 3 is 1.77 bits per heavy atom. The minimum atomic E-state index is -0.617. The smallest absolute Gasteiger partial charge is 0.407 e. The molecule has 4 unspecified atom stereocenters. The number of nitrogens with zero attached hydrogens (tertiary/aromatic N) is 5. The largest absolute Gasteiger partial charge is 0.453 e. The van der Waals surface area contributed by atoms with E-state index >= 15 is 0 Å². The van der Waals surface area contributed by atoms with Gasteiger partial charge in [-0.15, -0.1) is 0 Å². The fraction of sp³-hybridized carbons (Fsp3) is 0.489. The first-order chi connectivity index (χ1) is 29.3. The molecule has 2 aliphatic heterocycles. The van der Waals surface area contributed by atoms with Gasteiger partial charge in [-0.05, 0) is 97.7 Å². The third kappa shape index (κ3) is 7.77. The highest BCUT2D eigenvalue weighted by Gasteiger charge is 2.42. The Morgan fingerprint density at radius 1 is 0.633 bits per heavy atom. The summed E-state index contributed by atoms with van der Waals surface area (Å²) in [5.74, 6) is 1.50. The van der Waals surface area contributed by atoms with Crippen LogP contribution in [0.4, 0.5) is 9.59 Å². The zero-order valence-electron chi connectivity index (χ0n) is 34.2. The van der Waals surface area contributed by atoms with E-state index in [-0.39, 0.29) is 35.7 Å². The summed E-state index contributed by atoms with van der Waals surface area (Å²) in [6.45, 7) is 1.22. The molecule has 2 aliphatic carbocycles. The molecule has 5 heterocycles. The van der Waals surface area contributed by atoms with Crippen molar-refractivity contribution in [3.8, 4) is 22.4 Å². The van der Waals surface area contributed by atoms with Crippen LogP contribution in [0.1, 0.15) is 101 Å². The fourth-order valence-corrected chi connectivity index (χ4v) is 10.2. The number of ether oxygens (including phenoxy) is 2. The van der Waals surface area contributed by atoms with Crippen LogP contribution in [0, 0.1) is 11.8 Å². The number of hydrogen-bond acceptors (Lipinski definition) is 9. The molecule has 0 radical (unpaired) electrons. The summed E-state index contributed by atoms with van der Waals surface area (Å²) in [5.41, 5.74) is 5.20. The van der Waals surface area contributed by atoms with Gasteiger partial charge in [-0.1, -0.05) is 49.9 Å². The quantitative estimate of drug-likeness (QED) is 0.112. The molecule has 60 heavy (non-hydrogen) atoms. The van der Waals surface area contributed by atoms with Gasteiger partial charge in [0.25, 0.3) is 0 Å². The lowest BCUT2D eigenvalue weighted by atomic mass is 9.96. The molecule has 15 nitrogen and oxygen atoms in total. The van der Waals surface area contributed by atoms with E-state index in [9.17, 15) is 19.2 Å². The van der Waals surface area contributed by atoms with Crippen LogP contribution in [0.3, 0.4) is 0 Å². The van der Waals surface area contributed by atoms with Crippen molar-refractivity contribution in [3.63, 3.8) is 0 Å². The summed E-state index contributed by atoms with van der Waals surface area (Å²) in [7, 11) is 2.65. The predicted octanol–water partition coefficient (Wildman–Crippen LogP) is 7.32. The van der Waals surface area contributed by atoms with Crippen molar-refractivity contribution in [2.75, 3.05) is 27.3 Å². The summed E-state index contributed by atoms with van der Waals surface area (Å²) >= 11 is 0. The van der Waals surface area contributed by atoms with Crippen LogP contribution in [-0.4, -0.2) is 98.1 Å². The number of alkyl carbamates (subject to hydrolysis) is 2. The normalized spacial score (nSPS) is 20.8. The third-order valence-electron chi connectivity index (χ3n) is 13.3. The summed E-state index contributed by atoms with van der Waals surface area (Å²) < 4.78 is 9.76. The topological polar surface area (TPSA) is 188 Å². The molecule has 4 N–H and O–H groups in total. The van der Waals surface area contributed by atoms with Crippen LogP contribution in [0.25, 0.3) is 44.3 Å². The second kappa shape index (κ2) is 16.9. The van der Waals surface area contributed by atoms with Crippen LogP contribution in [0.5, 0.6) is 0 Å². The molecule has 2 saturated carbocycles. The maximum Gasteiger partial charge on any atom is 0.407 e. The van der Waals surface area contributed by atoms with Crippen molar-refractivity contribution in [2.24, 2.45) is 11.8 Å². The summed E-state index contributed by atoms with van der Waals surface area (Å²) in [6.07, 6.45) is 13.6. The number of fused-ring (bicyclic) bond motifs is 2. The highest BCUT2D eigenvalue weighted by molar-refractivity contribution is 5.92. The third-order valence-corrected chi connectivity index (χ3v) is 13.3. The molecule has 4 fully saturated rings. The number of aromatic nitrogens is 5. The molecule has 4 atom stereocenters. The molecule has 314 valence electrons. The number of imidazole rings is 2. The summed E-state index contributed by atoms with van der Waals surface area (Å²) in [6, 6.07) is 13.1. The number of benzene rings is 2. The Kier molecular flexibility index (Phi) is 11.1. The average Bonchev–Trinajstić information content (AvgIpc) is 4.12. The van der Waals surface area contributed by atoms with Gasteiger partial charge in [0.05, 0.1) is 43.7 Å². The van der Waals surface area contributed by atoms with Gasteiger partial charge in [-0.2, -0.15) is 0 Å². The van der Waals surface area contributed by atoms with Crippen molar-refractivity contribution < 1.29 is 28.7 Å². The van der Waals surface area contributed by atoms with Gasteiger partial charge in [0.1, 0.15) is 23.7 Å². The SMILES string of the molecule is COC(=O)NC(C(=O)N1CCCC1c1ncc(-c2ccc3cc(-c4cnc5nc(C6CCCN6C(=O)C(NC(=O)OC)C6CCCC6)[nH]c5c4)ccc3c2)[nH]1)C1CCCC1. The molecule has 2 aromatic carbocycles. The zero-order chi connectivity index (χ0) is 41.3. The minimum Gasteiger partial charge on any atom is -0.453 e. The Labute approximate surface area is 348 Å². The maximum absolute atomic E-state index is 14.0. The molecule has 0 spiro atoms. The van der Waals surface area contributed by atoms with Gasteiger partial charge in [0, 0.05) is 30.4 Å². The van der Waals surface area contributed by atoms with Gasteiger partial charge in [-0.3, -0.25) is 9.59 Å². The molecule has 4 aliphatic rings. The number of rotatable bonds is 10. The molecule has 9 rings (SSSR count). The average molecular weight is 816 g/mol. The van der Waals surface area contributed by atoms with Crippen molar-refractivity contribution >= 4 is 45.9 Å². The number of likely N-dealkylation sites (tertiary alicyclic amines) is 2. The lowest BCUT2D eigenvalue weighted by molar-refractivity contribution is -0.136. The van der Waals surface area contributed by atoms with Gasteiger partial charge in [-0.25, -0.2) is 24.5 Å². The summed E-state index contributed by atoms with van der Waals surface area (Å²) in [4.78, 5) is 77.5. The van der Waals surface area contributed by atoms with E-state index in [0.29, 0.717) is 24.6 Å². The first-order valence-electron chi connectivity index (χ1n) is 21.5. The number of H-pyrrole nitrogens is 2. The highest BCUT2D eigenvalue weighted by Crippen LogP contribution is 2.38. The Balaban J connectivity index is 0.903. The number of carbonyl (C=O) groups is 4. The van der Waals surface area contributed by atoms with Crippen molar-refractivity contribution in [3.05, 3.63) is 66.5 Å². The van der Waals surface area contributed by atoms with E-state index in [2.05, 4.69) is 63.1 Å². The first-order valence-corrected chi connectivity index (χ1v) is 21.5. The zero-order valence-corrected chi connectivity index (χ0v) is 34.2. The first kappa shape index (κ1) is 39.5. The molecule has 4 amide bonds. The van der Waals surface area contributed by atoms with Gasteiger partial charge >= 0.3 is 12.2 Å². The molecule has 2 saturated heterocycles. The molecular weight excluding hydrogens is 763 g/mol. The van der Waals surface area contributed by atoms with Crippen LogP contribution in [-0.2, 0) is 19.1 Å². The van der Waals surface area contributed by atoms with Crippen LogP contribution >= 0.6 is 0 Å². The molecule has 15 heteroatoms. The standard InChI is InChI=1S/C45H53N9O6/c1-59-44(57)50-37(26-9-3-4-10-26)42(55)53-19-7-13-35(53)40-47-25-34(49-40)31-18-17-28-21-30(16-15-29(28)22-31)32-23-33-39(46-24-32)52-41(48-33)36-14-8-20-54(36)43(56)38(51-45(58)60-2)27-11-5-6-12-27/h15-18,21-27,35-38H,3-14,19-20H2,1-2H3,(H,47,49)(H,50,57)(H,51,58)(H,46,48,52). The number of hydrogen-bond donors (Lipinski definition) is 4. The molecular formula is C45H53N9O6. The monoisotopic (exact) mass is 815 g/mol. The second-order valence-electron chi connectivity index (χ2n) is 16.9. The van der Waals surface area contributed by atoms with Gasteiger partial charge in [0.15, 0.2) is 5.65 Å². The lowest BCUT2D eigenvalue weighted by Gasteiger charge is -2.31. The Morgan fingerprint density at radius 2 is 1.18 bits per heavy atom. The van der Waals surface area contributed by atoms with Gasteiger partial charge < -0.3 is 39.9 Å². The number of methoxy groups -OCH3 is 2. The minimum absolute atomic E-state index is 0.0668. The predicted molar refractivity (Wildman–Crippen MR) is 224 cm³/mol. The number of pyridine rings is 1. The molecule has 3 aromatic heterocycles. The Bertz CT molecular complexity index is 2400. The maximum atomic E-state index is 14.0. The molecule has 0 bridgehead atoms. The van der Waals surface area contributed by atoms with Crippen LogP contribution in [0.2, 0.25) is 0 Å². The van der Waals surface area contributed by atoms with Crippen molar-refractivity contribution in [1.82, 2.24) is 45.4 Å². The van der Waals surface area contributed by atoms with E-state index in [1.807, 2.05) is 22.2 Å². The van der Waals surface area contributed by atoms with Crippen molar-refractivity contribution in [2.45, 2.75) is 101 Å². The number of amides is 4. The number of carbonyl (C=O) groups excluding carboxylic acids is 4. The highest BCUT2D eigenvalue weighted by atomic mass is 16.5. The summed E-state index contributed by atoms with van der Waals surface area (Å²) in [5, 5.41) is 7.83. The van der Waals surface area contributed by atoms with E-state index in [4.69, 9.17) is 24.4 Å². The second-order valence-corrected chi connectivity index (χ2v) is 16.9. The van der Waals surface area contributed by atoms with Crippen LogP contribution < -0.4 is 10.6 Å². The van der Waals surface area contributed by atoms with E-state index in [0.717, 1.165) is 122 Å². The van der Waals surface area contributed by atoms with Crippen LogP contribution in [0.15, 0.2) is 54.9 Å². The van der Waals surface area contributed by atoms with Crippen molar-refractivity contribution in [1.29, 1.82) is 0 Å². The van der Waals surface area contributed by atoms with E-state index < -0.39 is 24.3 Å². The number of nitrogens with one attached hydrogen (secondary N) is 4. The lowest BCUT2D eigenvalue weighted by Crippen LogP contribution is -2.51. The van der Waals surface area contributed by atoms with E-state index in [1.54, 1.807) is 0 Å². The fourth-order valence-electron chi connectivity index (χ4n) is 10.2.